The number of hydrogen-bond donors (Lipinski definition) is 3. The van der Waals surface area contributed by atoms with Gasteiger partial charge in [-0.2, -0.15) is 0 Å². The van der Waals surface area contributed by atoms with Crippen LogP contribution in [-0.4, -0.2) is 61.3 Å². The van der Waals surface area contributed by atoms with E-state index in [1.807, 2.05) is 11.3 Å². The molecular weight excluding hydrogens is 459 g/mol. The van der Waals surface area contributed by atoms with Crippen LogP contribution in [0.3, 0.4) is 0 Å². The quantitative estimate of drug-likeness (QED) is 0.214. The van der Waals surface area contributed by atoms with Crippen molar-refractivity contribution in [1.29, 1.82) is 0 Å². The standard InChI is InChI=1S/C19H34N4OS.HI/c1-3-20-19(22-15-16(2)14-18-6-4-13-25-18)21-9-5-10-23-11-7-17(24)8-12-23;/h4,6,13,16-17,24H,3,5,7-12,14-15H2,1-2H3,(H2,20,21,22);1H. The number of aliphatic hydroxyl groups excluding tert-OH is 1. The maximum absolute atomic E-state index is 9.55. The van der Waals surface area contributed by atoms with Crippen molar-refractivity contribution in [3.63, 3.8) is 0 Å². The number of aliphatic hydroxyl groups is 1. The fourth-order valence-corrected chi connectivity index (χ4v) is 3.95. The van der Waals surface area contributed by atoms with Crippen LogP contribution in [0.1, 0.15) is 38.0 Å². The number of hydrogen-bond acceptors (Lipinski definition) is 4. The van der Waals surface area contributed by atoms with E-state index in [-0.39, 0.29) is 30.1 Å². The second-order valence-corrected chi connectivity index (χ2v) is 7.99. The highest BCUT2D eigenvalue weighted by atomic mass is 127. The summed E-state index contributed by atoms with van der Waals surface area (Å²) in [4.78, 5) is 8.62. The third-order valence-electron chi connectivity index (χ3n) is 4.54. The molecule has 0 aliphatic carbocycles. The van der Waals surface area contributed by atoms with E-state index in [1.54, 1.807) is 0 Å². The van der Waals surface area contributed by atoms with E-state index in [4.69, 9.17) is 4.99 Å². The number of guanidine groups is 1. The summed E-state index contributed by atoms with van der Waals surface area (Å²) in [6.07, 6.45) is 3.95. The third kappa shape index (κ3) is 9.53. The van der Waals surface area contributed by atoms with E-state index in [0.717, 1.165) is 70.9 Å². The minimum Gasteiger partial charge on any atom is -0.393 e. The maximum atomic E-state index is 9.55. The molecule has 150 valence electrons. The van der Waals surface area contributed by atoms with Crippen LogP contribution in [0, 0.1) is 5.92 Å². The zero-order valence-electron chi connectivity index (χ0n) is 16.1. The average Bonchev–Trinajstić information content (AvgIpc) is 3.11. The summed E-state index contributed by atoms with van der Waals surface area (Å²) in [5.74, 6) is 1.48. The predicted molar refractivity (Wildman–Crippen MR) is 123 cm³/mol. The molecule has 0 spiro atoms. The smallest absolute Gasteiger partial charge is 0.191 e. The topological polar surface area (TPSA) is 59.9 Å². The van der Waals surface area contributed by atoms with Gasteiger partial charge in [0.1, 0.15) is 0 Å². The van der Waals surface area contributed by atoms with Crippen LogP contribution >= 0.6 is 35.3 Å². The molecule has 2 heterocycles. The number of aliphatic imine (C=N–C) groups is 1. The first kappa shape index (κ1) is 23.7. The number of rotatable bonds is 9. The largest absolute Gasteiger partial charge is 0.393 e. The summed E-state index contributed by atoms with van der Waals surface area (Å²) < 4.78 is 0. The van der Waals surface area contributed by atoms with Crippen LogP contribution in [0.2, 0.25) is 0 Å². The molecule has 1 aliphatic heterocycles. The van der Waals surface area contributed by atoms with E-state index < -0.39 is 0 Å². The summed E-state index contributed by atoms with van der Waals surface area (Å²) in [5.41, 5.74) is 0. The van der Waals surface area contributed by atoms with Crippen LogP contribution in [-0.2, 0) is 6.42 Å². The Morgan fingerprint density at radius 1 is 1.38 bits per heavy atom. The molecule has 0 saturated carbocycles. The van der Waals surface area contributed by atoms with Gasteiger partial charge in [-0.05, 0) is 56.5 Å². The van der Waals surface area contributed by atoms with Crippen LogP contribution in [0.5, 0.6) is 0 Å². The molecule has 0 aromatic carbocycles. The third-order valence-corrected chi connectivity index (χ3v) is 5.43. The first-order valence-electron chi connectivity index (χ1n) is 9.62. The van der Waals surface area contributed by atoms with Gasteiger partial charge in [-0.25, -0.2) is 0 Å². The lowest BCUT2D eigenvalue weighted by Gasteiger charge is -2.29. The van der Waals surface area contributed by atoms with Crippen molar-refractivity contribution in [2.75, 3.05) is 39.3 Å². The molecular formula is C19H35IN4OS. The van der Waals surface area contributed by atoms with Gasteiger partial charge in [0, 0.05) is 37.6 Å². The fraction of sp³-hybridized carbons (Fsp3) is 0.737. The summed E-state index contributed by atoms with van der Waals surface area (Å²) in [7, 11) is 0. The number of halogens is 1. The van der Waals surface area contributed by atoms with Crippen molar-refractivity contribution in [2.45, 2.75) is 45.6 Å². The van der Waals surface area contributed by atoms with Gasteiger partial charge in [-0.15, -0.1) is 35.3 Å². The molecule has 26 heavy (non-hydrogen) atoms. The Bertz CT molecular complexity index is 490. The first-order valence-corrected chi connectivity index (χ1v) is 10.5. The Kier molecular flexibility index (Phi) is 12.5. The van der Waals surface area contributed by atoms with Crippen LogP contribution < -0.4 is 10.6 Å². The van der Waals surface area contributed by atoms with Gasteiger partial charge in [0.25, 0.3) is 0 Å². The van der Waals surface area contributed by atoms with Gasteiger partial charge in [0.15, 0.2) is 5.96 Å². The molecule has 3 N–H and O–H groups in total. The Morgan fingerprint density at radius 2 is 2.15 bits per heavy atom. The molecule has 0 amide bonds. The lowest BCUT2D eigenvalue weighted by molar-refractivity contribution is 0.0823. The van der Waals surface area contributed by atoms with Crippen molar-refractivity contribution in [2.24, 2.45) is 10.9 Å². The van der Waals surface area contributed by atoms with Crippen LogP contribution in [0.4, 0.5) is 0 Å². The second kappa shape index (κ2) is 13.7. The number of nitrogens with one attached hydrogen (secondary N) is 2. The van der Waals surface area contributed by atoms with Gasteiger partial charge in [0.2, 0.25) is 0 Å². The van der Waals surface area contributed by atoms with E-state index in [0.29, 0.717) is 5.92 Å². The minimum absolute atomic E-state index is 0. The van der Waals surface area contributed by atoms with Gasteiger partial charge in [-0.1, -0.05) is 13.0 Å². The molecule has 7 heteroatoms. The minimum atomic E-state index is -0.0852. The number of likely N-dealkylation sites (tertiary alicyclic amines) is 1. The van der Waals surface area contributed by atoms with E-state index in [2.05, 4.69) is 46.9 Å². The molecule has 0 bridgehead atoms. The highest BCUT2D eigenvalue weighted by molar-refractivity contribution is 14.0. The van der Waals surface area contributed by atoms with Gasteiger partial charge >= 0.3 is 0 Å². The van der Waals surface area contributed by atoms with E-state index in [9.17, 15) is 5.11 Å². The van der Waals surface area contributed by atoms with E-state index in [1.165, 1.54) is 4.88 Å². The van der Waals surface area contributed by atoms with Crippen molar-refractivity contribution in [1.82, 2.24) is 15.5 Å². The zero-order chi connectivity index (χ0) is 17.9. The zero-order valence-corrected chi connectivity index (χ0v) is 19.3. The van der Waals surface area contributed by atoms with Gasteiger partial charge < -0.3 is 20.6 Å². The maximum Gasteiger partial charge on any atom is 0.191 e. The monoisotopic (exact) mass is 494 g/mol. The molecule has 1 saturated heterocycles. The number of nitrogens with zero attached hydrogens (tertiary/aromatic N) is 2. The molecule has 0 radical (unpaired) electrons. The molecule has 1 atom stereocenters. The summed E-state index contributed by atoms with van der Waals surface area (Å²) in [6.45, 7) is 10.2. The summed E-state index contributed by atoms with van der Waals surface area (Å²) in [5, 5.41) is 18.5. The number of thiophene rings is 1. The molecule has 1 unspecified atom stereocenters. The normalized spacial score (nSPS) is 17.6. The molecule has 5 nitrogen and oxygen atoms in total. The van der Waals surface area contributed by atoms with Crippen LogP contribution in [0.25, 0.3) is 0 Å². The van der Waals surface area contributed by atoms with Crippen molar-refractivity contribution in [3.8, 4) is 0 Å². The van der Waals surface area contributed by atoms with Crippen molar-refractivity contribution in [3.05, 3.63) is 22.4 Å². The molecule has 1 fully saturated rings. The SMILES string of the molecule is CCNC(=NCC(C)Cc1cccs1)NCCCN1CCC(O)CC1.I. The Morgan fingerprint density at radius 3 is 2.81 bits per heavy atom. The van der Waals surface area contributed by atoms with Crippen molar-refractivity contribution < 1.29 is 5.11 Å². The van der Waals surface area contributed by atoms with Crippen molar-refractivity contribution >= 4 is 41.3 Å². The number of piperidine rings is 1. The first-order chi connectivity index (χ1) is 12.2. The Hall–Kier alpha value is -0.380. The molecule has 1 aliphatic rings. The lowest BCUT2D eigenvalue weighted by atomic mass is 10.1. The highest BCUT2D eigenvalue weighted by Gasteiger charge is 2.16. The Labute approximate surface area is 179 Å². The molecule has 1 aromatic heterocycles. The lowest BCUT2D eigenvalue weighted by Crippen LogP contribution is -2.40. The van der Waals surface area contributed by atoms with E-state index >= 15 is 0 Å². The predicted octanol–water partition coefficient (Wildman–Crippen LogP) is 2.95. The molecule has 2 rings (SSSR count). The van der Waals surface area contributed by atoms with Gasteiger partial charge in [0.05, 0.1) is 6.10 Å². The van der Waals surface area contributed by atoms with Crippen LogP contribution in [0.15, 0.2) is 22.5 Å². The summed E-state index contributed by atoms with van der Waals surface area (Å²) in [6, 6.07) is 4.32. The second-order valence-electron chi connectivity index (χ2n) is 6.96. The Balaban J connectivity index is 0.00000338. The van der Waals surface area contributed by atoms with Gasteiger partial charge in [-0.3, -0.25) is 4.99 Å². The average molecular weight is 494 g/mol. The fourth-order valence-electron chi connectivity index (χ4n) is 3.08. The highest BCUT2D eigenvalue weighted by Crippen LogP contribution is 2.14. The summed E-state index contributed by atoms with van der Waals surface area (Å²) >= 11 is 1.83. The molecule has 1 aromatic rings.